The molecule has 2 aromatic rings. The zero-order valence-corrected chi connectivity index (χ0v) is 15.3. The predicted octanol–water partition coefficient (Wildman–Crippen LogP) is 3.23. The summed E-state index contributed by atoms with van der Waals surface area (Å²) in [6.45, 7) is -1.91. The molecule has 28 heavy (non-hydrogen) atoms. The van der Waals surface area contributed by atoms with E-state index in [4.69, 9.17) is 9.57 Å². The molecule has 0 radical (unpaired) electrons. The van der Waals surface area contributed by atoms with Crippen molar-refractivity contribution in [3.8, 4) is 11.5 Å². The molecule has 0 unspecified atom stereocenters. The Morgan fingerprint density at radius 2 is 2.00 bits per heavy atom. The Hall–Kier alpha value is -3.16. The maximum absolute atomic E-state index is 12.3. The Morgan fingerprint density at radius 3 is 2.75 bits per heavy atom. The van der Waals surface area contributed by atoms with E-state index < -0.39 is 6.61 Å². The number of nitrogens with zero attached hydrogens (tertiary/aromatic N) is 2. The number of benzene rings is 2. The van der Waals surface area contributed by atoms with Crippen LogP contribution >= 0.6 is 0 Å². The molecule has 8 heteroatoms. The Balaban J connectivity index is 1.52. The minimum atomic E-state index is -2.94. The van der Waals surface area contributed by atoms with Crippen LogP contribution in [-0.2, 0) is 22.6 Å². The zero-order chi connectivity index (χ0) is 19.9. The summed E-state index contributed by atoms with van der Waals surface area (Å²) >= 11 is 0. The number of ether oxygens (including phenoxy) is 2. The topological polar surface area (TPSA) is 60.4 Å². The third-order valence-electron chi connectivity index (χ3n) is 4.35. The van der Waals surface area contributed by atoms with Crippen LogP contribution in [0, 0.1) is 0 Å². The normalized spacial score (nSPS) is 13.5. The molecule has 0 saturated carbocycles. The van der Waals surface area contributed by atoms with Crippen LogP contribution in [0.15, 0.2) is 47.6 Å². The van der Waals surface area contributed by atoms with Crippen LogP contribution in [0.25, 0.3) is 0 Å². The fraction of sp³-hybridized carbons (Fsp3) is 0.300. The van der Waals surface area contributed by atoms with Crippen LogP contribution in [0.3, 0.4) is 0 Å². The van der Waals surface area contributed by atoms with E-state index in [1.165, 1.54) is 37.1 Å². The number of hydrogen-bond acceptors (Lipinski definition) is 5. The average molecular weight is 390 g/mol. The molecule has 1 aliphatic heterocycles. The van der Waals surface area contributed by atoms with Gasteiger partial charge in [0.05, 0.1) is 13.3 Å². The minimum Gasteiger partial charge on any atom is -0.493 e. The lowest BCUT2D eigenvalue weighted by atomic mass is 10.00. The van der Waals surface area contributed by atoms with Gasteiger partial charge in [0.1, 0.15) is 0 Å². The van der Waals surface area contributed by atoms with Crippen molar-refractivity contribution < 1.29 is 27.9 Å². The lowest BCUT2D eigenvalue weighted by molar-refractivity contribution is -0.137. The first-order valence-corrected chi connectivity index (χ1v) is 8.69. The van der Waals surface area contributed by atoms with Crippen LogP contribution in [0.4, 0.5) is 8.78 Å². The molecule has 0 saturated heterocycles. The van der Waals surface area contributed by atoms with Gasteiger partial charge in [0.25, 0.3) is 5.91 Å². The summed E-state index contributed by atoms with van der Waals surface area (Å²) in [5, 5.41) is 3.77. The largest absolute Gasteiger partial charge is 0.493 e. The second-order valence-electron chi connectivity index (χ2n) is 6.13. The van der Waals surface area contributed by atoms with Gasteiger partial charge in [-0.05, 0) is 35.7 Å². The molecule has 148 valence electrons. The van der Waals surface area contributed by atoms with Gasteiger partial charge in [-0.25, -0.2) is 0 Å². The van der Waals surface area contributed by atoms with Crippen molar-refractivity contribution in [2.45, 2.75) is 19.6 Å². The van der Waals surface area contributed by atoms with Crippen molar-refractivity contribution in [1.82, 2.24) is 4.90 Å². The summed E-state index contributed by atoms with van der Waals surface area (Å²) in [7, 11) is 1.35. The first-order chi connectivity index (χ1) is 13.6. The summed E-state index contributed by atoms with van der Waals surface area (Å²) in [4.78, 5) is 19.1. The number of carbonyl (C=O) groups is 1. The van der Waals surface area contributed by atoms with Crippen LogP contribution in [-0.4, -0.2) is 43.9 Å². The van der Waals surface area contributed by atoms with Gasteiger partial charge >= 0.3 is 6.61 Å². The molecular weight excluding hydrogens is 370 g/mol. The first kappa shape index (κ1) is 19.6. The quantitative estimate of drug-likeness (QED) is 0.538. The van der Waals surface area contributed by atoms with Crippen LogP contribution < -0.4 is 9.47 Å². The number of oxime groups is 1. The molecule has 1 amide bonds. The van der Waals surface area contributed by atoms with E-state index in [0.717, 1.165) is 12.0 Å². The Kier molecular flexibility index (Phi) is 6.41. The van der Waals surface area contributed by atoms with Crippen LogP contribution in [0.5, 0.6) is 11.5 Å². The molecular formula is C20H20F2N2O4. The zero-order valence-electron chi connectivity index (χ0n) is 15.3. The van der Waals surface area contributed by atoms with Gasteiger partial charge in [0.15, 0.2) is 18.1 Å². The highest BCUT2D eigenvalue weighted by Gasteiger charge is 2.20. The first-order valence-electron chi connectivity index (χ1n) is 8.69. The van der Waals surface area contributed by atoms with Gasteiger partial charge in [0, 0.05) is 18.7 Å². The smallest absolute Gasteiger partial charge is 0.387 e. The van der Waals surface area contributed by atoms with Crippen molar-refractivity contribution >= 4 is 12.1 Å². The Morgan fingerprint density at radius 1 is 1.21 bits per heavy atom. The third-order valence-corrected chi connectivity index (χ3v) is 4.35. The van der Waals surface area contributed by atoms with E-state index in [1.54, 1.807) is 4.90 Å². The van der Waals surface area contributed by atoms with Crippen molar-refractivity contribution in [3.05, 3.63) is 59.2 Å². The summed E-state index contributed by atoms with van der Waals surface area (Å²) in [6, 6.07) is 12.4. The number of rotatable bonds is 7. The predicted molar refractivity (Wildman–Crippen MR) is 98.7 cm³/mol. The summed E-state index contributed by atoms with van der Waals surface area (Å²) in [5.41, 5.74) is 2.96. The lowest BCUT2D eigenvalue weighted by Gasteiger charge is -2.28. The lowest BCUT2D eigenvalue weighted by Crippen LogP contribution is -2.37. The average Bonchev–Trinajstić information content (AvgIpc) is 2.71. The molecule has 0 aliphatic carbocycles. The number of methoxy groups -OCH3 is 1. The molecule has 1 heterocycles. The van der Waals surface area contributed by atoms with Crippen molar-refractivity contribution in [3.63, 3.8) is 0 Å². The maximum Gasteiger partial charge on any atom is 0.387 e. The second kappa shape index (κ2) is 9.16. The van der Waals surface area contributed by atoms with Crippen molar-refractivity contribution in [1.29, 1.82) is 0 Å². The molecule has 0 spiro atoms. The minimum absolute atomic E-state index is 0.0730. The van der Waals surface area contributed by atoms with Gasteiger partial charge in [-0.1, -0.05) is 29.4 Å². The molecule has 2 aromatic carbocycles. The van der Waals surface area contributed by atoms with Crippen LogP contribution in [0.1, 0.15) is 16.7 Å². The second-order valence-corrected chi connectivity index (χ2v) is 6.13. The van der Waals surface area contributed by atoms with E-state index in [0.29, 0.717) is 18.7 Å². The van der Waals surface area contributed by atoms with Gasteiger partial charge in [-0.15, -0.1) is 0 Å². The van der Waals surface area contributed by atoms with E-state index in [1.807, 2.05) is 18.2 Å². The fourth-order valence-corrected chi connectivity index (χ4v) is 2.95. The molecule has 0 aromatic heterocycles. The molecule has 6 nitrogen and oxygen atoms in total. The molecule has 0 fully saturated rings. The molecule has 3 rings (SSSR count). The van der Waals surface area contributed by atoms with Gasteiger partial charge in [-0.2, -0.15) is 8.78 Å². The fourth-order valence-electron chi connectivity index (χ4n) is 2.95. The maximum atomic E-state index is 12.3. The van der Waals surface area contributed by atoms with Crippen molar-refractivity contribution in [2.24, 2.45) is 5.16 Å². The Bertz CT molecular complexity index is 858. The monoisotopic (exact) mass is 390 g/mol. The number of fused-ring (bicyclic) bond motifs is 1. The van der Waals surface area contributed by atoms with E-state index in [9.17, 15) is 13.6 Å². The molecule has 0 N–H and O–H groups in total. The third kappa shape index (κ3) is 4.97. The summed E-state index contributed by atoms with van der Waals surface area (Å²) in [6.07, 6.45) is 2.19. The van der Waals surface area contributed by atoms with E-state index in [-0.39, 0.29) is 24.0 Å². The highest BCUT2D eigenvalue weighted by Crippen LogP contribution is 2.29. The SMILES string of the molecule is COc1cc(/C=N\OCC(=O)N2CCc3ccccc3C2)ccc1OC(F)F. The summed E-state index contributed by atoms with van der Waals surface area (Å²) < 4.78 is 34.0. The molecule has 0 atom stereocenters. The molecule has 1 aliphatic rings. The molecule has 0 bridgehead atoms. The number of amides is 1. The highest BCUT2D eigenvalue weighted by atomic mass is 19.3. The summed E-state index contributed by atoms with van der Waals surface area (Å²) in [5.74, 6) is -0.0756. The number of carbonyl (C=O) groups excluding carboxylic acids is 1. The van der Waals surface area contributed by atoms with Gasteiger partial charge < -0.3 is 19.2 Å². The van der Waals surface area contributed by atoms with Crippen LogP contribution in [0.2, 0.25) is 0 Å². The van der Waals surface area contributed by atoms with Gasteiger partial charge in [0.2, 0.25) is 0 Å². The standard InChI is InChI=1S/C20H20F2N2O4/c1-26-18-10-14(6-7-17(18)28-20(21)22)11-23-27-13-19(25)24-9-8-15-4-2-3-5-16(15)12-24/h2-7,10-11,20H,8-9,12-13H2,1H3/b23-11-. The number of halogens is 2. The van der Waals surface area contributed by atoms with E-state index >= 15 is 0 Å². The van der Waals surface area contributed by atoms with E-state index in [2.05, 4.69) is 16.0 Å². The van der Waals surface area contributed by atoms with Crippen molar-refractivity contribution in [2.75, 3.05) is 20.3 Å². The van der Waals surface area contributed by atoms with Gasteiger partial charge in [-0.3, -0.25) is 4.79 Å². The Labute approximate surface area is 161 Å². The number of hydrogen-bond donors (Lipinski definition) is 0. The highest BCUT2D eigenvalue weighted by molar-refractivity contribution is 5.81. The number of alkyl halides is 2.